The molecule has 32 heavy (non-hydrogen) atoms. The lowest BCUT2D eigenvalue weighted by Gasteiger charge is -2.33. The topological polar surface area (TPSA) is 126 Å². The highest BCUT2D eigenvalue weighted by molar-refractivity contribution is 6.15. The van der Waals surface area contributed by atoms with E-state index in [4.69, 9.17) is 10.5 Å². The zero-order chi connectivity index (χ0) is 22.8. The van der Waals surface area contributed by atoms with Gasteiger partial charge < -0.3 is 20.9 Å². The van der Waals surface area contributed by atoms with Crippen molar-refractivity contribution in [3.63, 3.8) is 0 Å². The molecule has 2 atom stereocenters. The molecule has 0 fully saturated rings. The number of fused-ring (bicyclic) bond motifs is 5. The Balaban J connectivity index is 1.75. The van der Waals surface area contributed by atoms with Crippen LogP contribution in [0.5, 0.6) is 5.75 Å². The number of nitrogens with one attached hydrogen (secondary N) is 1. The summed E-state index contributed by atoms with van der Waals surface area (Å²) in [6, 6.07) is 14.5. The summed E-state index contributed by atoms with van der Waals surface area (Å²) < 4.78 is 6.67. The fourth-order valence-corrected chi connectivity index (χ4v) is 4.59. The second-order valence-corrected chi connectivity index (χ2v) is 8.39. The van der Waals surface area contributed by atoms with Crippen molar-refractivity contribution in [2.75, 3.05) is 5.73 Å². The third kappa shape index (κ3) is 2.38. The predicted molar refractivity (Wildman–Crippen MR) is 113 cm³/mol. The van der Waals surface area contributed by atoms with Crippen molar-refractivity contribution in [2.24, 2.45) is 0 Å². The molecule has 0 bridgehead atoms. The van der Waals surface area contributed by atoms with Crippen molar-refractivity contribution in [3.05, 3.63) is 88.7 Å². The van der Waals surface area contributed by atoms with Gasteiger partial charge in [-0.05, 0) is 29.7 Å². The number of amides is 1. The SMILES string of the molecule is CC(C)c1ccc2c(c1)OC1(O)c3cccc(N)c3C(=O)C21NC(=O)c1cccc[n+]1O. The largest absolute Gasteiger partial charge is 0.454 e. The molecule has 1 amide bonds. The van der Waals surface area contributed by atoms with Crippen molar-refractivity contribution >= 4 is 17.4 Å². The van der Waals surface area contributed by atoms with Crippen LogP contribution in [0.3, 0.4) is 0 Å². The number of benzene rings is 2. The van der Waals surface area contributed by atoms with E-state index < -0.39 is 23.0 Å². The summed E-state index contributed by atoms with van der Waals surface area (Å²) in [5.41, 5.74) is 5.71. The summed E-state index contributed by atoms with van der Waals surface area (Å²) in [7, 11) is 0. The van der Waals surface area contributed by atoms with E-state index >= 15 is 0 Å². The standard InChI is InChI=1S/C24H21N3O5/c1-13(2)14-9-10-15-19(12-14)32-24(30)16-6-5-7-17(25)20(16)21(28)23(15,24)26-22(29)18-8-3-4-11-27(18)31/h3-13,30H,1-2H3,(H3-,25,26,28,29,31)/p+1. The monoisotopic (exact) mass is 432 g/mol. The third-order valence-corrected chi connectivity index (χ3v) is 6.24. The van der Waals surface area contributed by atoms with Gasteiger partial charge in [0, 0.05) is 33.7 Å². The molecule has 0 saturated heterocycles. The number of nitrogens with two attached hydrogens (primary N) is 1. The van der Waals surface area contributed by atoms with Crippen molar-refractivity contribution in [1.29, 1.82) is 0 Å². The van der Waals surface area contributed by atoms with E-state index in [0.29, 0.717) is 16.0 Å². The van der Waals surface area contributed by atoms with Crippen LogP contribution in [0, 0.1) is 0 Å². The quantitative estimate of drug-likeness (QED) is 0.285. The van der Waals surface area contributed by atoms with Gasteiger partial charge in [-0.1, -0.05) is 38.1 Å². The number of hydrogen-bond donors (Lipinski definition) is 4. The molecular weight excluding hydrogens is 410 g/mol. The number of carbonyl (C=O) groups excluding carboxylic acids is 2. The highest BCUT2D eigenvalue weighted by atomic mass is 16.6. The number of aliphatic hydroxyl groups is 1. The fourth-order valence-electron chi connectivity index (χ4n) is 4.59. The van der Waals surface area contributed by atoms with Crippen LogP contribution < -0.4 is 20.5 Å². The average Bonchev–Trinajstić information content (AvgIpc) is 3.11. The number of pyridine rings is 1. The minimum atomic E-state index is -2.21. The van der Waals surface area contributed by atoms with Gasteiger partial charge in [-0.25, -0.2) is 0 Å². The summed E-state index contributed by atoms with van der Waals surface area (Å²) in [6.45, 7) is 4.03. The minimum Gasteiger partial charge on any atom is -0.454 e. The van der Waals surface area contributed by atoms with Crippen LogP contribution in [0.1, 0.15) is 57.3 Å². The molecule has 2 aromatic carbocycles. The molecule has 5 rings (SSSR count). The molecule has 2 aliphatic rings. The predicted octanol–water partition coefficient (Wildman–Crippen LogP) is 1.98. The molecule has 1 aliphatic heterocycles. The Bertz CT molecular complexity index is 1300. The number of nitrogens with zero attached hydrogens (tertiary/aromatic N) is 1. The van der Waals surface area contributed by atoms with Gasteiger partial charge in [0.1, 0.15) is 5.75 Å². The number of Topliss-reactive ketones (excluding diaryl/α,β-unsaturated/α-hetero) is 1. The molecule has 2 heterocycles. The summed E-state index contributed by atoms with van der Waals surface area (Å²) >= 11 is 0. The first-order valence-electron chi connectivity index (χ1n) is 10.2. The molecule has 1 aromatic heterocycles. The lowest BCUT2D eigenvalue weighted by Crippen LogP contribution is -2.61. The van der Waals surface area contributed by atoms with Crippen LogP contribution in [-0.2, 0) is 11.3 Å². The zero-order valence-corrected chi connectivity index (χ0v) is 17.5. The van der Waals surface area contributed by atoms with E-state index in [1.807, 2.05) is 19.9 Å². The highest BCUT2D eigenvalue weighted by Gasteiger charge is 2.72. The first-order chi connectivity index (χ1) is 15.2. The fraction of sp³-hybridized carbons (Fsp3) is 0.208. The van der Waals surface area contributed by atoms with E-state index in [9.17, 15) is 19.9 Å². The van der Waals surface area contributed by atoms with Crippen LogP contribution >= 0.6 is 0 Å². The molecule has 0 spiro atoms. The average molecular weight is 432 g/mol. The third-order valence-electron chi connectivity index (χ3n) is 6.24. The summed E-state index contributed by atoms with van der Waals surface area (Å²) in [4.78, 5) is 27.1. The van der Waals surface area contributed by atoms with Gasteiger partial charge in [-0.15, -0.1) is 0 Å². The Morgan fingerprint density at radius 2 is 1.91 bits per heavy atom. The number of anilines is 1. The number of nitrogen functional groups attached to an aromatic ring is 1. The molecule has 3 aromatic rings. The van der Waals surface area contributed by atoms with Crippen LogP contribution in [0.15, 0.2) is 60.8 Å². The van der Waals surface area contributed by atoms with Gasteiger partial charge in [0.2, 0.25) is 17.5 Å². The van der Waals surface area contributed by atoms with Crippen molar-refractivity contribution in [3.8, 4) is 5.75 Å². The molecule has 0 radical (unpaired) electrons. The summed E-state index contributed by atoms with van der Waals surface area (Å²) in [5.74, 6) is -3.09. The Hall–Kier alpha value is -3.91. The van der Waals surface area contributed by atoms with Crippen LogP contribution in [-0.4, -0.2) is 22.0 Å². The first-order valence-corrected chi connectivity index (χ1v) is 10.2. The van der Waals surface area contributed by atoms with Gasteiger partial charge in [0.05, 0.1) is 5.56 Å². The van der Waals surface area contributed by atoms with Gasteiger partial charge in [-0.3, -0.25) is 14.8 Å². The van der Waals surface area contributed by atoms with Gasteiger partial charge in [-0.2, -0.15) is 0 Å². The molecule has 1 aliphatic carbocycles. The van der Waals surface area contributed by atoms with E-state index in [1.54, 1.807) is 42.5 Å². The Morgan fingerprint density at radius 1 is 1.12 bits per heavy atom. The van der Waals surface area contributed by atoms with Crippen molar-refractivity contribution in [1.82, 2.24) is 5.32 Å². The van der Waals surface area contributed by atoms with E-state index in [0.717, 1.165) is 5.56 Å². The Labute approximate surface area is 183 Å². The number of hydrogen-bond acceptors (Lipinski definition) is 6. The molecule has 5 N–H and O–H groups in total. The smallest absolute Gasteiger partial charge is 0.322 e. The Morgan fingerprint density at radius 3 is 2.62 bits per heavy atom. The van der Waals surface area contributed by atoms with Crippen LogP contribution in [0.2, 0.25) is 0 Å². The second kappa shape index (κ2) is 6.54. The lowest BCUT2D eigenvalue weighted by atomic mass is 9.82. The maximum absolute atomic E-state index is 13.9. The number of aromatic nitrogens is 1. The molecule has 162 valence electrons. The zero-order valence-electron chi connectivity index (χ0n) is 17.5. The molecule has 2 unspecified atom stereocenters. The minimum absolute atomic E-state index is 0.0961. The molecule has 8 nitrogen and oxygen atoms in total. The summed E-state index contributed by atoms with van der Waals surface area (Å²) in [5, 5.41) is 24.6. The van der Waals surface area contributed by atoms with Crippen molar-refractivity contribution in [2.45, 2.75) is 31.1 Å². The van der Waals surface area contributed by atoms with Crippen LogP contribution in [0.25, 0.3) is 0 Å². The van der Waals surface area contributed by atoms with Gasteiger partial charge >= 0.3 is 11.6 Å². The highest BCUT2D eigenvalue weighted by Crippen LogP contribution is 2.59. The maximum atomic E-state index is 13.9. The lowest BCUT2D eigenvalue weighted by molar-refractivity contribution is -0.905. The first kappa shape index (κ1) is 20.0. The molecule has 0 saturated carbocycles. The molecular formula is C24H22N3O5+. The van der Waals surface area contributed by atoms with E-state index in [2.05, 4.69) is 5.32 Å². The maximum Gasteiger partial charge on any atom is 0.322 e. The Kier molecular flexibility index (Phi) is 4.09. The normalized spacial score (nSPS) is 22.8. The van der Waals surface area contributed by atoms with Gasteiger partial charge in [0.15, 0.2) is 0 Å². The summed E-state index contributed by atoms with van der Waals surface area (Å²) in [6.07, 6.45) is 1.29. The number of rotatable bonds is 3. The second-order valence-electron chi connectivity index (χ2n) is 8.39. The van der Waals surface area contributed by atoms with E-state index in [1.165, 1.54) is 12.3 Å². The number of ether oxygens (including phenoxy) is 1. The number of ketones is 1. The van der Waals surface area contributed by atoms with E-state index in [-0.39, 0.29) is 28.4 Å². The van der Waals surface area contributed by atoms with Crippen LogP contribution in [0.4, 0.5) is 5.69 Å². The molecule has 8 heteroatoms. The number of carbonyl (C=O) groups is 2. The van der Waals surface area contributed by atoms with Gasteiger partial charge in [0.25, 0.3) is 5.79 Å². The van der Waals surface area contributed by atoms with Crippen molar-refractivity contribution < 1.29 is 29.4 Å².